The lowest BCUT2D eigenvalue weighted by Crippen LogP contribution is -2.45. The zero-order chi connectivity index (χ0) is 20.9. The van der Waals surface area contributed by atoms with Gasteiger partial charge < -0.3 is 5.32 Å². The number of rotatable bonds is 5. The number of carbonyl (C=O) groups excluding carboxylic acids is 4. The van der Waals surface area contributed by atoms with Crippen LogP contribution < -0.4 is 5.32 Å². The van der Waals surface area contributed by atoms with Crippen LogP contribution in [0.25, 0.3) is 0 Å². The van der Waals surface area contributed by atoms with E-state index in [1.807, 2.05) is 0 Å². The van der Waals surface area contributed by atoms with Crippen LogP contribution in [0.3, 0.4) is 0 Å². The second kappa shape index (κ2) is 7.20. The molecule has 1 aliphatic heterocycles. The number of nitrogens with one attached hydrogen (secondary N) is 1. The van der Waals surface area contributed by atoms with E-state index in [0.717, 1.165) is 36.3 Å². The second-order valence-corrected chi connectivity index (χ2v) is 8.10. The smallest absolute Gasteiger partial charge is 0.322 e. The van der Waals surface area contributed by atoms with Crippen molar-refractivity contribution in [1.29, 1.82) is 0 Å². The van der Waals surface area contributed by atoms with E-state index in [-0.39, 0.29) is 11.6 Å². The molecular formula is C20H21F2N3O4. The van der Waals surface area contributed by atoms with Gasteiger partial charge >= 0.3 is 17.8 Å². The molecule has 0 radical (unpaired) electrons. The molecule has 4 atom stereocenters. The van der Waals surface area contributed by atoms with Crippen LogP contribution in [0.5, 0.6) is 0 Å². The molecule has 1 aromatic rings. The van der Waals surface area contributed by atoms with Crippen LogP contribution in [0.1, 0.15) is 32.6 Å². The molecule has 0 aromatic heterocycles. The molecule has 0 spiro atoms. The Labute approximate surface area is 166 Å². The van der Waals surface area contributed by atoms with Crippen molar-refractivity contribution in [2.45, 2.75) is 38.6 Å². The van der Waals surface area contributed by atoms with Crippen molar-refractivity contribution < 1.29 is 28.0 Å². The number of nitrogens with zero attached hydrogens (tertiary/aromatic N) is 2. The highest BCUT2D eigenvalue weighted by Gasteiger charge is 2.52. The standard InChI is InChI=1S/C20H21F2N3O4/c1-10(14-7-11-2-3-12(14)6-11)25-19(28)18(27)24(20(25)29)9-17(26)23-16-5-4-13(21)8-15(16)22/h4-5,8,10-12,14H,2-3,6-7,9H2,1H3,(H,23,26)/t10-,11-,12-,14+/m1/s1. The first-order chi connectivity index (χ1) is 13.8. The summed E-state index contributed by atoms with van der Waals surface area (Å²) in [6, 6.07) is 1.35. The van der Waals surface area contributed by atoms with Crippen LogP contribution in [0.15, 0.2) is 18.2 Å². The highest BCUT2D eigenvalue weighted by Crippen LogP contribution is 2.50. The van der Waals surface area contributed by atoms with Gasteiger partial charge in [0.1, 0.15) is 18.2 Å². The molecule has 3 fully saturated rings. The predicted octanol–water partition coefficient (Wildman–Crippen LogP) is 2.52. The predicted molar refractivity (Wildman–Crippen MR) is 97.3 cm³/mol. The molecule has 2 bridgehead atoms. The van der Waals surface area contributed by atoms with Gasteiger partial charge in [0, 0.05) is 12.1 Å². The number of benzene rings is 1. The lowest BCUT2D eigenvalue weighted by molar-refractivity contribution is -0.144. The summed E-state index contributed by atoms with van der Waals surface area (Å²) in [5.74, 6) is -3.43. The monoisotopic (exact) mass is 405 g/mol. The van der Waals surface area contributed by atoms with E-state index in [2.05, 4.69) is 5.32 Å². The van der Waals surface area contributed by atoms with Crippen molar-refractivity contribution in [1.82, 2.24) is 9.80 Å². The van der Waals surface area contributed by atoms with Gasteiger partial charge in [0.2, 0.25) is 5.91 Å². The Balaban J connectivity index is 1.44. The van der Waals surface area contributed by atoms with E-state index in [9.17, 15) is 28.0 Å². The van der Waals surface area contributed by atoms with Crippen molar-refractivity contribution >= 4 is 29.4 Å². The summed E-state index contributed by atoms with van der Waals surface area (Å²) >= 11 is 0. The van der Waals surface area contributed by atoms with E-state index >= 15 is 0 Å². The largest absolute Gasteiger partial charge is 0.334 e. The molecule has 0 unspecified atom stereocenters. The number of halogens is 2. The minimum absolute atomic E-state index is 0.163. The first kappa shape index (κ1) is 19.5. The normalized spacial score (nSPS) is 27.1. The number of fused-ring (bicyclic) bond motifs is 2. The maximum Gasteiger partial charge on any atom is 0.334 e. The number of anilines is 1. The third-order valence-corrected chi connectivity index (χ3v) is 6.41. The van der Waals surface area contributed by atoms with Crippen LogP contribution in [-0.2, 0) is 14.4 Å². The van der Waals surface area contributed by atoms with Gasteiger partial charge in [0.15, 0.2) is 0 Å². The molecule has 3 aliphatic rings. The fourth-order valence-corrected chi connectivity index (χ4v) is 5.02. The molecular weight excluding hydrogens is 384 g/mol. The van der Waals surface area contributed by atoms with Crippen LogP contribution in [0.4, 0.5) is 19.3 Å². The zero-order valence-corrected chi connectivity index (χ0v) is 15.9. The molecule has 4 rings (SSSR count). The molecule has 1 saturated heterocycles. The quantitative estimate of drug-likeness (QED) is 0.603. The minimum atomic E-state index is -1.07. The number of amides is 5. The molecule has 1 aromatic carbocycles. The highest BCUT2D eigenvalue weighted by molar-refractivity contribution is 6.45. The second-order valence-electron chi connectivity index (χ2n) is 8.10. The summed E-state index contributed by atoms with van der Waals surface area (Å²) in [5.41, 5.74) is -0.283. The van der Waals surface area contributed by atoms with Crippen LogP contribution in [0, 0.1) is 29.4 Å². The number of hydrogen-bond acceptors (Lipinski definition) is 4. The van der Waals surface area contributed by atoms with Gasteiger partial charge in [0.05, 0.1) is 5.69 Å². The maximum atomic E-state index is 13.7. The summed E-state index contributed by atoms with van der Waals surface area (Å²) in [6.07, 6.45) is 4.26. The lowest BCUT2D eigenvalue weighted by Gasteiger charge is -2.32. The number of hydrogen-bond donors (Lipinski definition) is 1. The Kier molecular flexibility index (Phi) is 4.84. The summed E-state index contributed by atoms with van der Waals surface area (Å²) < 4.78 is 26.7. The van der Waals surface area contributed by atoms with Crippen molar-refractivity contribution in [3.8, 4) is 0 Å². The molecule has 1 N–H and O–H groups in total. The highest BCUT2D eigenvalue weighted by atomic mass is 19.1. The van der Waals surface area contributed by atoms with Crippen molar-refractivity contribution in [3.63, 3.8) is 0 Å². The summed E-state index contributed by atoms with van der Waals surface area (Å²) in [6.45, 7) is 1.05. The number of urea groups is 1. The van der Waals surface area contributed by atoms with Crippen LogP contribution in [-0.4, -0.2) is 46.1 Å². The summed E-state index contributed by atoms with van der Waals surface area (Å²) in [4.78, 5) is 51.2. The first-order valence-corrected chi connectivity index (χ1v) is 9.70. The molecule has 2 aliphatic carbocycles. The van der Waals surface area contributed by atoms with Gasteiger partial charge in [-0.05, 0) is 56.1 Å². The van der Waals surface area contributed by atoms with Crippen LogP contribution in [0.2, 0.25) is 0 Å². The minimum Gasteiger partial charge on any atom is -0.322 e. The average molecular weight is 405 g/mol. The molecule has 7 nitrogen and oxygen atoms in total. The molecule has 1 heterocycles. The molecule has 154 valence electrons. The molecule has 29 heavy (non-hydrogen) atoms. The van der Waals surface area contributed by atoms with E-state index in [1.165, 1.54) is 6.42 Å². The number of carbonyl (C=O) groups is 4. The summed E-state index contributed by atoms with van der Waals surface area (Å²) in [5, 5.41) is 2.18. The SMILES string of the molecule is C[C@H]([C@@H]1C[C@@H]2CC[C@@H]1C2)N1C(=O)C(=O)N(CC(=O)Nc2ccc(F)cc2F)C1=O. The molecule has 5 amide bonds. The van der Waals surface area contributed by atoms with Crippen molar-refractivity contribution in [2.75, 3.05) is 11.9 Å². The Morgan fingerprint density at radius 1 is 1.17 bits per heavy atom. The third kappa shape index (κ3) is 3.38. The topological polar surface area (TPSA) is 86.8 Å². The van der Waals surface area contributed by atoms with Gasteiger partial charge in [-0.1, -0.05) is 6.42 Å². The summed E-state index contributed by atoms with van der Waals surface area (Å²) in [7, 11) is 0. The van der Waals surface area contributed by atoms with E-state index in [1.54, 1.807) is 6.92 Å². The maximum absolute atomic E-state index is 13.7. The first-order valence-electron chi connectivity index (χ1n) is 9.70. The third-order valence-electron chi connectivity index (χ3n) is 6.41. The van der Waals surface area contributed by atoms with Crippen molar-refractivity contribution in [3.05, 3.63) is 29.8 Å². The van der Waals surface area contributed by atoms with Crippen LogP contribution >= 0.6 is 0 Å². The van der Waals surface area contributed by atoms with Gasteiger partial charge in [-0.15, -0.1) is 0 Å². The van der Waals surface area contributed by atoms with Gasteiger partial charge in [-0.3, -0.25) is 19.3 Å². The van der Waals surface area contributed by atoms with Crippen molar-refractivity contribution in [2.24, 2.45) is 17.8 Å². The molecule has 2 saturated carbocycles. The van der Waals surface area contributed by atoms with E-state index in [4.69, 9.17) is 0 Å². The van der Waals surface area contributed by atoms with E-state index in [0.29, 0.717) is 22.8 Å². The van der Waals surface area contributed by atoms with Gasteiger partial charge in [-0.2, -0.15) is 0 Å². The Bertz CT molecular complexity index is 906. The van der Waals surface area contributed by atoms with Gasteiger partial charge in [0.25, 0.3) is 0 Å². The fraction of sp³-hybridized carbons (Fsp3) is 0.500. The fourth-order valence-electron chi connectivity index (χ4n) is 5.02. The average Bonchev–Trinajstić information content (AvgIpc) is 3.35. The molecule has 9 heteroatoms. The Morgan fingerprint density at radius 2 is 1.93 bits per heavy atom. The van der Waals surface area contributed by atoms with E-state index < -0.39 is 48.0 Å². The Hall–Kier alpha value is -2.84. The zero-order valence-electron chi connectivity index (χ0n) is 15.9. The lowest BCUT2D eigenvalue weighted by atomic mass is 9.83. The van der Waals surface area contributed by atoms with Gasteiger partial charge in [-0.25, -0.2) is 18.5 Å². The Morgan fingerprint density at radius 3 is 2.55 bits per heavy atom. The number of imide groups is 2.